The molecule has 1 aromatic rings. The van der Waals surface area contributed by atoms with E-state index in [2.05, 4.69) is 15.9 Å². The van der Waals surface area contributed by atoms with Crippen LogP contribution in [-0.2, 0) is 10.0 Å². The van der Waals surface area contributed by atoms with Gasteiger partial charge < -0.3 is 5.73 Å². The molecule has 0 aliphatic rings. The second-order valence-electron chi connectivity index (χ2n) is 4.04. The fourth-order valence-electron chi connectivity index (χ4n) is 1.48. The van der Waals surface area contributed by atoms with Gasteiger partial charge in [0, 0.05) is 10.5 Å². The highest BCUT2D eigenvalue weighted by molar-refractivity contribution is 9.10. The monoisotopic (exact) mass is 350 g/mol. The van der Waals surface area contributed by atoms with Gasteiger partial charge in [0.05, 0.1) is 16.4 Å². The summed E-state index contributed by atoms with van der Waals surface area (Å²) in [6, 6.07) is 6.46. The summed E-state index contributed by atoms with van der Waals surface area (Å²) >= 11 is 8.05. The molecule has 0 bridgehead atoms. The zero-order chi connectivity index (χ0) is 13.9. The minimum Gasteiger partial charge on any atom is -0.392 e. The summed E-state index contributed by atoms with van der Waals surface area (Å²) in [5, 5.41) is 0. The Kier molecular flexibility index (Phi) is 5.27. The van der Waals surface area contributed by atoms with Gasteiger partial charge in [-0.1, -0.05) is 24.4 Å². The van der Waals surface area contributed by atoms with Crippen LogP contribution in [0.5, 0.6) is 0 Å². The maximum Gasteiger partial charge on any atom is 0.244 e. The van der Waals surface area contributed by atoms with Crippen molar-refractivity contribution in [2.24, 2.45) is 5.73 Å². The Morgan fingerprint density at radius 2 is 2.00 bits per heavy atom. The summed E-state index contributed by atoms with van der Waals surface area (Å²) < 4.78 is 26.8. The molecule has 1 aromatic carbocycles. The molecule has 0 saturated carbocycles. The van der Waals surface area contributed by atoms with Gasteiger partial charge in [0.25, 0.3) is 0 Å². The Morgan fingerprint density at radius 1 is 1.44 bits per heavy atom. The van der Waals surface area contributed by atoms with Crippen LogP contribution in [-0.4, -0.2) is 30.3 Å². The van der Waals surface area contributed by atoms with Crippen LogP contribution in [0.25, 0.3) is 0 Å². The Bertz CT molecular complexity index is 544. The standard InChI is InChI=1S/C11H15BrN2O2S2/c1-8(2)14(7-11(13)17)18(15,16)10-6-4-3-5-9(10)12/h3-6,8H,7H2,1-2H3,(H2,13,17). The second-order valence-corrected chi connectivity index (χ2v) is 7.28. The van der Waals surface area contributed by atoms with Gasteiger partial charge in [-0.15, -0.1) is 0 Å². The molecule has 0 spiro atoms. The van der Waals surface area contributed by atoms with Gasteiger partial charge in [-0.2, -0.15) is 4.31 Å². The van der Waals surface area contributed by atoms with Gasteiger partial charge in [0.1, 0.15) is 0 Å². The summed E-state index contributed by atoms with van der Waals surface area (Å²) in [4.78, 5) is 0.370. The van der Waals surface area contributed by atoms with Gasteiger partial charge >= 0.3 is 0 Å². The first-order valence-corrected chi connectivity index (χ1v) is 7.95. The smallest absolute Gasteiger partial charge is 0.244 e. The van der Waals surface area contributed by atoms with Crippen LogP contribution in [0.1, 0.15) is 13.8 Å². The van der Waals surface area contributed by atoms with Crippen molar-refractivity contribution >= 4 is 43.2 Å². The average Bonchev–Trinajstić information content (AvgIpc) is 2.25. The summed E-state index contributed by atoms with van der Waals surface area (Å²) in [6.07, 6.45) is 0. The summed E-state index contributed by atoms with van der Waals surface area (Å²) in [7, 11) is -3.61. The van der Waals surface area contributed by atoms with Crippen LogP contribution in [0.15, 0.2) is 33.6 Å². The van der Waals surface area contributed by atoms with Gasteiger partial charge in [-0.3, -0.25) is 0 Å². The van der Waals surface area contributed by atoms with Crippen molar-refractivity contribution in [1.29, 1.82) is 0 Å². The highest BCUT2D eigenvalue weighted by atomic mass is 79.9. The van der Waals surface area contributed by atoms with E-state index in [1.54, 1.807) is 38.1 Å². The number of benzene rings is 1. The molecule has 18 heavy (non-hydrogen) atoms. The summed E-state index contributed by atoms with van der Waals surface area (Å²) in [5.41, 5.74) is 5.46. The predicted molar refractivity (Wildman–Crippen MR) is 80.0 cm³/mol. The molecule has 0 aromatic heterocycles. The normalized spacial score (nSPS) is 12.1. The van der Waals surface area contributed by atoms with E-state index in [9.17, 15) is 8.42 Å². The van der Waals surface area contributed by atoms with Crippen molar-refractivity contribution in [3.63, 3.8) is 0 Å². The van der Waals surface area contributed by atoms with E-state index in [0.717, 1.165) is 0 Å². The Labute approximate surface area is 121 Å². The quantitative estimate of drug-likeness (QED) is 0.826. The van der Waals surface area contributed by atoms with Gasteiger partial charge in [0.15, 0.2) is 0 Å². The van der Waals surface area contributed by atoms with Gasteiger partial charge in [-0.05, 0) is 41.9 Å². The molecule has 0 fully saturated rings. The predicted octanol–water partition coefficient (Wildman–Crippen LogP) is 2.13. The maximum absolute atomic E-state index is 12.5. The first kappa shape index (κ1) is 15.6. The average molecular weight is 351 g/mol. The molecule has 0 unspecified atom stereocenters. The van der Waals surface area contributed by atoms with Crippen molar-refractivity contribution in [3.8, 4) is 0 Å². The summed E-state index contributed by atoms with van der Waals surface area (Å²) in [5.74, 6) is 0. The number of sulfonamides is 1. The lowest BCUT2D eigenvalue weighted by Crippen LogP contribution is -2.42. The Morgan fingerprint density at radius 3 is 2.44 bits per heavy atom. The highest BCUT2D eigenvalue weighted by Crippen LogP contribution is 2.25. The molecule has 0 aliphatic heterocycles. The van der Waals surface area contributed by atoms with Crippen molar-refractivity contribution in [3.05, 3.63) is 28.7 Å². The molecule has 0 amide bonds. The largest absolute Gasteiger partial charge is 0.392 e. The molecule has 0 radical (unpaired) electrons. The highest BCUT2D eigenvalue weighted by Gasteiger charge is 2.28. The topological polar surface area (TPSA) is 63.4 Å². The number of thiocarbonyl (C=S) groups is 1. The van der Waals surface area contributed by atoms with E-state index in [0.29, 0.717) is 4.47 Å². The fraction of sp³-hybridized carbons (Fsp3) is 0.364. The molecule has 0 heterocycles. The Balaban J connectivity index is 3.26. The third-order valence-electron chi connectivity index (χ3n) is 2.31. The zero-order valence-corrected chi connectivity index (χ0v) is 13.3. The van der Waals surface area contributed by atoms with Crippen LogP contribution in [0.4, 0.5) is 0 Å². The molecular formula is C11H15BrN2O2S2. The van der Waals surface area contributed by atoms with Gasteiger partial charge in [-0.25, -0.2) is 8.42 Å². The zero-order valence-electron chi connectivity index (χ0n) is 10.1. The molecule has 1 rings (SSSR count). The molecule has 2 N–H and O–H groups in total. The van der Waals surface area contributed by atoms with E-state index < -0.39 is 10.0 Å². The molecule has 0 atom stereocenters. The van der Waals surface area contributed by atoms with Crippen molar-refractivity contribution in [2.45, 2.75) is 24.8 Å². The number of halogens is 1. The first-order valence-electron chi connectivity index (χ1n) is 5.31. The molecule has 4 nitrogen and oxygen atoms in total. The van der Waals surface area contributed by atoms with Crippen LogP contribution in [0.2, 0.25) is 0 Å². The maximum atomic E-state index is 12.5. The van der Waals surface area contributed by atoms with E-state index in [-0.39, 0.29) is 22.5 Å². The SMILES string of the molecule is CC(C)N(CC(N)=S)S(=O)(=O)c1ccccc1Br. The first-order chi connectivity index (χ1) is 8.26. The van der Waals surface area contributed by atoms with Crippen LogP contribution >= 0.6 is 28.1 Å². The fourth-order valence-corrected chi connectivity index (χ4v) is 4.28. The third-order valence-corrected chi connectivity index (χ3v) is 5.47. The molecule has 0 aliphatic carbocycles. The number of nitrogens with zero attached hydrogens (tertiary/aromatic N) is 1. The summed E-state index contributed by atoms with van der Waals surface area (Å²) in [6.45, 7) is 3.61. The van der Waals surface area contributed by atoms with Crippen molar-refractivity contribution < 1.29 is 8.42 Å². The van der Waals surface area contributed by atoms with Crippen molar-refractivity contribution in [2.75, 3.05) is 6.54 Å². The number of nitrogens with two attached hydrogens (primary N) is 1. The van der Waals surface area contributed by atoms with E-state index in [1.807, 2.05) is 0 Å². The van der Waals surface area contributed by atoms with Crippen LogP contribution < -0.4 is 5.73 Å². The van der Waals surface area contributed by atoms with E-state index >= 15 is 0 Å². The lowest BCUT2D eigenvalue weighted by atomic mass is 10.4. The van der Waals surface area contributed by atoms with Crippen molar-refractivity contribution in [1.82, 2.24) is 4.31 Å². The molecule has 7 heteroatoms. The van der Waals surface area contributed by atoms with Crippen LogP contribution in [0, 0.1) is 0 Å². The number of rotatable bonds is 5. The lowest BCUT2D eigenvalue weighted by molar-refractivity contribution is 0.390. The van der Waals surface area contributed by atoms with Gasteiger partial charge in [0.2, 0.25) is 10.0 Å². The minimum absolute atomic E-state index is 0.0384. The lowest BCUT2D eigenvalue weighted by Gasteiger charge is -2.25. The van der Waals surface area contributed by atoms with Crippen LogP contribution in [0.3, 0.4) is 0 Å². The Hall–Kier alpha value is -0.500. The second kappa shape index (κ2) is 6.10. The van der Waals surface area contributed by atoms with E-state index in [4.69, 9.17) is 18.0 Å². The third kappa shape index (κ3) is 3.50. The minimum atomic E-state index is -3.61. The number of hydrogen-bond acceptors (Lipinski definition) is 3. The van der Waals surface area contributed by atoms with E-state index in [1.165, 1.54) is 4.31 Å². The molecule has 100 valence electrons. The molecular weight excluding hydrogens is 336 g/mol. The number of hydrogen-bond donors (Lipinski definition) is 1. The molecule has 0 saturated heterocycles.